The van der Waals surface area contributed by atoms with E-state index in [0.29, 0.717) is 18.6 Å². The van der Waals surface area contributed by atoms with Crippen LogP contribution in [0.25, 0.3) is 0 Å². The molecule has 0 bridgehead atoms. The summed E-state index contributed by atoms with van der Waals surface area (Å²) in [5.74, 6) is -0.979. The molecule has 226 valence electrons. The molecule has 2 atom stereocenters. The summed E-state index contributed by atoms with van der Waals surface area (Å²) >= 11 is 0. The molecule has 1 N–H and O–H groups in total. The van der Waals surface area contributed by atoms with Crippen LogP contribution in [-0.4, -0.2) is 58.0 Å². The van der Waals surface area contributed by atoms with Crippen molar-refractivity contribution >= 4 is 27.5 Å². The number of anilines is 1. The Morgan fingerprint density at radius 2 is 1.55 bits per heavy atom. The number of hydrogen-bond acceptors (Lipinski definition) is 6. The van der Waals surface area contributed by atoms with Gasteiger partial charge in [0, 0.05) is 18.7 Å². The van der Waals surface area contributed by atoms with Crippen LogP contribution in [0.4, 0.5) is 10.1 Å². The Labute approximate surface area is 247 Å². The lowest BCUT2D eigenvalue weighted by atomic mass is 10.1. The first-order valence-electron chi connectivity index (χ1n) is 13.7. The van der Waals surface area contributed by atoms with Gasteiger partial charge < -0.3 is 19.7 Å². The molecule has 11 heteroatoms. The number of halogens is 1. The summed E-state index contributed by atoms with van der Waals surface area (Å²) < 4.78 is 53.4. The fourth-order valence-electron chi connectivity index (χ4n) is 4.38. The highest BCUT2D eigenvalue weighted by atomic mass is 32.2. The first-order chi connectivity index (χ1) is 20.0. The lowest BCUT2D eigenvalue weighted by Crippen LogP contribution is -2.53. The number of carbonyl (C=O) groups excluding carboxylic acids is 2. The van der Waals surface area contributed by atoms with Gasteiger partial charge in [0.05, 0.1) is 24.8 Å². The molecule has 0 radical (unpaired) electrons. The second-order valence-electron chi connectivity index (χ2n) is 9.75. The number of nitrogens with zero attached hydrogens (tertiary/aromatic N) is 2. The fraction of sp³-hybridized carbons (Fsp3) is 0.355. The minimum atomic E-state index is -4.37. The van der Waals surface area contributed by atoms with E-state index in [1.54, 1.807) is 6.92 Å². The average molecular weight is 600 g/mol. The maximum atomic E-state index is 14.1. The summed E-state index contributed by atoms with van der Waals surface area (Å²) in [5, 5.41) is 2.94. The number of carbonyl (C=O) groups is 2. The normalized spacial score (nSPS) is 12.6. The number of ether oxygens (including phenoxy) is 2. The molecule has 0 aliphatic rings. The SMILES string of the molecule is CC[C@@H](C)NC(=O)[C@H](CC)N(Cc1ccccc1)C(=O)CN(c1ccc(F)cc1)S(=O)(=O)c1ccc(OC)c(OC)c1. The number of methoxy groups -OCH3 is 2. The van der Waals surface area contributed by atoms with Crippen molar-refractivity contribution < 1.29 is 31.9 Å². The van der Waals surface area contributed by atoms with Crippen LogP contribution in [0, 0.1) is 5.82 Å². The van der Waals surface area contributed by atoms with Gasteiger partial charge in [-0.2, -0.15) is 0 Å². The molecule has 42 heavy (non-hydrogen) atoms. The Morgan fingerprint density at radius 3 is 2.12 bits per heavy atom. The second-order valence-corrected chi connectivity index (χ2v) is 11.6. The summed E-state index contributed by atoms with van der Waals surface area (Å²) in [7, 11) is -1.56. The van der Waals surface area contributed by atoms with Crippen LogP contribution in [0.1, 0.15) is 39.2 Å². The third kappa shape index (κ3) is 7.79. The van der Waals surface area contributed by atoms with Gasteiger partial charge in [-0.05, 0) is 61.7 Å². The van der Waals surface area contributed by atoms with E-state index < -0.39 is 34.3 Å². The van der Waals surface area contributed by atoms with Gasteiger partial charge in [0.25, 0.3) is 10.0 Å². The van der Waals surface area contributed by atoms with Gasteiger partial charge in [-0.3, -0.25) is 13.9 Å². The zero-order chi connectivity index (χ0) is 30.9. The van der Waals surface area contributed by atoms with Crippen LogP contribution in [0.3, 0.4) is 0 Å². The van der Waals surface area contributed by atoms with Crippen molar-refractivity contribution in [3.63, 3.8) is 0 Å². The highest BCUT2D eigenvalue weighted by molar-refractivity contribution is 7.92. The van der Waals surface area contributed by atoms with Crippen molar-refractivity contribution in [2.75, 3.05) is 25.1 Å². The van der Waals surface area contributed by atoms with E-state index in [1.165, 1.54) is 49.5 Å². The van der Waals surface area contributed by atoms with E-state index in [9.17, 15) is 22.4 Å². The average Bonchev–Trinajstić information content (AvgIpc) is 3.00. The highest BCUT2D eigenvalue weighted by Crippen LogP contribution is 2.32. The van der Waals surface area contributed by atoms with Gasteiger partial charge in [0.1, 0.15) is 18.4 Å². The van der Waals surface area contributed by atoms with E-state index in [2.05, 4.69) is 5.32 Å². The van der Waals surface area contributed by atoms with Crippen molar-refractivity contribution in [3.05, 3.63) is 84.2 Å². The number of nitrogens with one attached hydrogen (secondary N) is 1. The van der Waals surface area contributed by atoms with E-state index in [0.717, 1.165) is 22.0 Å². The van der Waals surface area contributed by atoms with E-state index in [-0.39, 0.29) is 34.8 Å². The summed E-state index contributed by atoms with van der Waals surface area (Å²) in [6.07, 6.45) is 1.01. The summed E-state index contributed by atoms with van der Waals surface area (Å²) in [4.78, 5) is 28.6. The van der Waals surface area contributed by atoms with Crippen LogP contribution in [0.5, 0.6) is 11.5 Å². The third-order valence-corrected chi connectivity index (χ3v) is 8.69. The van der Waals surface area contributed by atoms with Crippen LogP contribution >= 0.6 is 0 Å². The number of benzene rings is 3. The Balaban J connectivity index is 2.08. The van der Waals surface area contributed by atoms with Crippen molar-refractivity contribution in [2.24, 2.45) is 0 Å². The number of amides is 2. The Bertz CT molecular complexity index is 1450. The minimum absolute atomic E-state index is 0.0799. The fourth-order valence-corrected chi connectivity index (χ4v) is 5.81. The topological polar surface area (TPSA) is 105 Å². The molecule has 0 unspecified atom stereocenters. The van der Waals surface area contributed by atoms with E-state index in [4.69, 9.17) is 9.47 Å². The monoisotopic (exact) mass is 599 g/mol. The summed E-state index contributed by atoms with van der Waals surface area (Å²) in [5.41, 5.74) is 0.855. The van der Waals surface area contributed by atoms with Crippen molar-refractivity contribution in [2.45, 2.75) is 57.1 Å². The quantitative estimate of drug-likeness (QED) is 0.287. The molecule has 3 rings (SSSR count). The first-order valence-corrected chi connectivity index (χ1v) is 15.1. The molecule has 0 aromatic heterocycles. The molecule has 0 aliphatic heterocycles. The first kappa shape index (κ1) is 32.4. The van der Waals surface area contributed by atoms with Crippen molar-refractivity contribution in [1.29, 1.82) is 0 Å². The van der Waals surface area contributed by atoms with Crippen molar-refractivity contribution in [3.8, 4) is 11.5 Å². The molecular weight excluding hydrogens is 561 g/mol. The van der Waals surface area contributed by atoms with Gasteiger partial charge in [0.2, 0.25) is 11.8 Å². The van der Waals surface area contributed by atoms with Crippen LogP contribution < -0.4 is 19.1 Å². The van der Waals surface area contributed by atoms with Crippen LogP contribution in [-0.2, 0) is 26.2 Å². The largest absolute Gasteiger partial charge is 0.493 e. The van der Waals surface area contributed by atoms with Gasteiger partial charge in [0.15, 0.2) is 11.5 Å². The smallest absolute Gasteiger partial charge is 0.264 e. The zero-order valence-corrected chi connectivity index (χ0v) is 25.4. The zero-order valence-electron chi connectivity index (χ0n) is 24.5. The van der Waals surface area contributed by atoms with E-state index >= 15 is 0 Å². The standard InChI is InChI=1S/C31H38FN3O6S/c1-6-22(3)33-31(37)27(7-2)34(20-23-11-9-8-10-12-23)30(36)21-35(25-15-13-24(32)14-16-25)42(38,39)26-17-18-28(40-4)29(19-26)41-5/h8-19,22,27H,6-7,20-21H2,1-5H3,(H,33,37)/t22-,27+/m1/s1. The predicted molar refractivity (Wildman–Crippen MR) is 159 cm³/mol. The van der Waals surface area contributed by atoms with Gasteiger partial charge >= 0.3 is 0 Å². The second kappa shape index (κ2) is 14.7. The molecule has 9 nitrogen and oxygen atoms in total. The predicted octanol–water partition coefficient (Wildman–Crippen LogP) is 4.76. The lowest BCUT2D eigenvalue weighted by molar-refractivity contribution is -0.140. The molecule has 0 aliphatic carbocycles. The summed E-state index contributed by atoms with van der Waals surface area (Å²) in [6, 6.07) is 17.1. The lowest BCUT2D eigenvalue weighted by Gasteiger charge is -2.33. The molecule has 0 saturated carbocycles. The van der Waals surface area contributed by atoms with Gasteiger partial charge in [-0.1, -0.05) is 44.2 Å². The third-order valence-electron chi connectivity index (χ3n) is 6.92. The molecule has 0 saturated heterocycles. The highest BCUT2D eigenvalue weighted by Gasteiger charge is 2.34. The molecule has 3 aromatic carbocycles. The Morgan fingerprint density at radius 1 is 0.905 bits per heavy atom. The van der Waals surface area contributed by atoms with Crippen LogP contribution in [0.15, 0.2) is 77.7 Å². The van der Waals surface area contributed by atoms with E-state index in [1.807, 2.05) is 44.2 Å². The maximum absolute atomic E-state index is 14.1. The molecule has 2 amide bonds. The molecule has 3 aromatic rings. The number of rotatable bonds is 14. The van der Waals surface area contributed by atoms with Gasteiger partial charge in [-0.25, -0.2) is 12.8 Å². The molecule has 0 fully saturated rings. The molecular formula is C31H38FN3O6S. The number of sulfonamides is 1. The Hall–Kier alpha value is -4.12. The Kier molecular flexibility index (Phi) is 11.3. The molecule has 0 spiro atoms. The van der Waals surface area contributed by atoms with Crippen LogP contribution in [0.2, 0.25) is 0 Å². The number of hydrogen-bond donors (Lipinski definition) is 1. The molecule has 0 heterocycles. The van der Waals surface area contributed by atoms with Gasteiger partial charge in [-0.15, -0.1) is 0 Å². The summed E-state index contributed by atoms with van der Waals surface area (Å²) in [6.45, 7) is 5.06. The minimum Gasteiger partial charge on any atom is -0.493 e. The maximum Gasteiger partial charge on any atom is 0.264 e. The van der Waals surface area contributed by atoms with Crippen molar-refractivity contribution in [1.82, 2.24) is 10.2 Å².